The lowest BCUT2D eigenvalue weighted by Gasteiger charge is -2.32. The molecule has 6 heteroatoms. The van der Waals surface area contributed by atoms with Crippen LogP contribution in [0.15, 0.2) is 48.5 Å². The van der Waals surface area contributed by atoms with Crippen molar-refractivity contribution in [2.45, 2.75) is 12.8 Å². The van der Waals surface area contributed by atoms with Gasteiger partial charge < -0.3 is 20.4 Å². The van der Waals surface area contributed by atoms with E-state index >= 15 is 0 Å². The number of hydrogen-bond donors (Lipinski definition) is 2. The number of unbranched alkanes of at least 4 members (excludes halogenated alkanes) is 1. The van der Waals surface area contributed by atoms with Gasteiger partial charge in [0.25, 0.3) is 0 Å². The maximum absolute atomic E-state index is 12.1. The van der Waals surface area contributed by atoms with Crippen molar-refractivity contribution in [2.24, 2.45) is 0 Å². The molecule has 0 spiro atoms. The van der Waals surface area contributed by atoms with Gasteiger partial charge in [-0.25, -0.2) is 4.79 Å². The summed E-state index contributed by atoms with van der Waals surface area (Å²) >= 11 is 6.24. The molecule has 0 aromatic heterocycles. The lowest BCUT2D eigenvalue weighted by atomic mass is 10.1. The van der Waals surface area contributed by atoms with E-state index in [1.165, 1.54) is 0 Å². The number of nitrogens with zero attached hydrogens (tertiary/aromatic N) is 2. The molecule has 5 nitrogen and oxygen atoms in total. The first-order valence-electron chi connectivity index (χ1n) is 9.92. The van der Waals surface area contributed by atoms with Crippen LogP contribution in [0.1, 0.15) is 12.8 Å². The number of rotatable bonds is 7. The number of hydrogen-bond acceptors (Lipinski definition) is 3. The van der Waals surface area contributed by atoms with Crippen LogP contribution in [0, 0.1) is 0 Å². The lowest BCUT2D eigenvalue weighted by molar-refractivity contribution is 0.152. The molecule has 0 unspecified atom stereocenters. The van der Waals surface area contributed by atoms with E-state index in [9.17, 15) is 4.79 Å². The third-order valence-electron chi connectivity index (χ3n) is 5.11. The normalized spacial score (nSPS) is 15.4. The first-order valence-corrected chi connectivity index (χ1v) is 10.3. The van der Waals surface area contributed by atoms with Crippen molar-refractivity contribution < 1.29 is 4.79 Å². The fraction of sp³-hybridized carbons (Fsp3) is 0.409. The highest BCUT2D eigenvalue weighted by molar-refractivity contribution is 6.33. The summed E-state index contributed by atoms with van der Waals surface area (Å²) in [5.41, 5.74) is 2.78. The van der Waals surface area contributed by atoms with Gasteiger partial charge in [0.2, 0.25) is 0 Å². The second-order valence-electron chi connectivity index (χ2n) is 7.29. The second-order valence-corrected chi connectivity index (χ2v) is 7.70. The summed E-state index contributed by atoms with van der Waals surface area (Å²) in [5, 5.41) is 6.53. The molecule has 1 heterocycles. The molecule has 150 valence electrons. The van der Waals surface area contributed by atoms with Gasteiger partial charge in [-0.15, -0.1) is 0 Å². The maximum Gasteiger partial charge on any atom is 0.319 e. The predicted molar refractivity (Wildman–Crippen MR) is 117 cm³/mol. The number of carbonyl (C=O) groups is 1. The Labute approximate surface area is 172 Å². The highest BCUT2D eigenvalue weighted by atomic mass is 35.5. The Morgan fingerprint density at radius 1 is 1.00 bits per heavy atom. The predicted octanol–water partition coefficient (Wildman–Crippen LogP) is 4.16. The van der Waals surface area contributed by atoms with Gasteiger partial charge in [0.1, 0.15) is 0 Å². The van der Waals surface area contributed by atoms with Gasteiger partial charge in [0.15, 0.2) is 0 Å². The molecule has 2 amide bonds. The van der Waals surface area contributed by atoms with Crippen molar-refractivity contribution in [1.82, 2.24) is 15.1 Å². The van der Waals surface area contributed by atoms with Crippen LogP contribution in [-0.2, 0) is 0 Å². The van der Waals surface area contributed by atoms with Crippen molar-refractivity contribution in [2.75, 3.05) is 51.6 Å². The van der Waals surface area contributed by atoms with E-state index in [2.05, 4.69) is 27.5 Å². The van der Waals surface area contributed by atoms with Gasteiger partial charge in [0, 0.05) is 49.0 Å². The van der Waals surface area contributed by atoms with Gasteiger partial charge in [-0.1, -0.05) is 41.9 Å². The second kappa shape index (κ2) is 10.5. The Bertz CT molecular complexity index is 757. The van der Waals surface area contributed by atoms with Crippen molar-refractivity contribution >= 4 is 23.3 Å². The molecular weight excluding hydrogens is 372 g/mol. The van der Waals surface area contributed by atoms with Crippen LogP contribution in [0.2, 0.25) is 5.02 Å². The Balaban J connectivity index is 1.35. The first-order chi connectivity index (χ1) is 13.6. The molecule has 1 fully saturated rings. The van der Waals surface area contributed by atoms with Crippen LogP contribution >= 0.6 is 11.6 Å². The van der Waals surface area contributed by atoms with Crippen LogP contribution in [0.5, 0.6) is 0 Å². The minimum Gasteiger partial charge on any atom is -0.338 e. The van der Waals surface area contributed by atoms with Crippen molar-refractivity contribution in [1.29, 1.82) is 0 Å². The smallest absolute Gasteiger partial charge is 0.319 e. The summed E-state index contributed by atoms with van der Waals surface area (Å²) in [7, 11) is 2.17. The molecule has 1 aliphatic heterocycles. The van der Waals surface area contributed by atoms with Crippen LogP contribution in [0.25, 0.3) is 11.1 Å². The molecule has 2 aromatic rings. The topological polar surface area (TPSA) is 47.6 Å². The fourth-order valence-corrected chi connectivity index (χ4v) is 3.58. The highest BCUT2D eigenvalue weighted by Crippen LogP contribution is 2.28. The quantitative estimate of drug-likeness (QED) is 0.686. The number of carbonyl (C=O) groups excluding carboxylic acids is 1. The zero-order valence-corrected chi connectivity index (χ0v) is 17.2. The summed E-state index contributed by atoms with van der Waals surface area (Å²) in [6, 6.07) is 15.3. The average Bonchev–Trinajstić information content (AvgIpc) is 2.70. The SMILES string of the molecule is CN1CCN(CCCCNC(=O)Nc2ccc(-c3ccccc3Cl)cc2)CC1. The molecule has 3 rings (SSSR count). The minimum absolute atomic E-state index is 0.162. The zero-order chi connectivity index (χ0) is 19.8. The van der Waals surface area contributed by atoms with Gasteiger partial charge >= 0.3 is 6.03 Å². The molecule has 1 saturated heterocycles. The molecular formula is C22H29ClN4O. The molecule has 28 heavy (non-hydrogen) atoms. The van der Waals surface area contributed by atoms with Crippen LogP contribution in [0.3, 0.4) is 0 Å². The summed E-state index contributed by atoms with van der Waals surface area (Å²) < 4.78 is 0. The molecule has 0 saturated carbocycles. The number of nitrogens with one attached hydrogen (secondary N) is 2. The Morgan fingerprint density at radius 3 is 2.43 bits per heavy atom. The molecule has 2 aromatic carbocycles. The van der Waals surface area contributed by atoms with Crippen molar-refractivity contribution in [3.05, 3.63) is 53.6 Å². The van der Waals surface area contributed by atoms with E-state index in [4.69, 9.17) is 11.6 Å². The largest absolute Gasteiger partial charge is 0.338 e. The van der Waals surface area contributed by atoms with E-state index in [1.807, 2.05) is 48.5 Å². The van der Waals surface area contributed by atoms with Gasteiger partial charge in [-0.3, -0.25) is 0 Å². The highest BCUT2D eigenvalue weighted by Gasteiger charge is 2.12. The number of amides is 2. The molecule has 0 atom stereocenters. The molecule has 0 aliphatic carbocycles. The van der Waals surface area contributed by atoms with Gasteiger partial charge in [-0.05, 0) is 50.2 Å². The fourth-order valence-electron chi connectivity index (χ4n) is 3.34. The Kier molecular flexibility index (Phi) is 7.71. The van der Waals surface area contributed by atoms with Gasteiger partial charge in [-0.2, -0.15) is 0 Å². The third kappa shape index (κ3) is 6.23. The molecule has 1 aliphatic rings. The standard InChI is InChI=1S/C22H29ClN4O/c1-26-14-16-27(17-15-26)13-5-4-12-24-22(28)25-19-10-8-18(9-11-19)20-6-2-3-7-21(20)23/h2-3,6-11H,4-5,12-17H2,1H3,(H2,24,25,28). The van der Waals surface area contributed by atoms with E-state index in [1.54, 1.807) is 0 Å². The number of halogens is 1. The van der Waals surface area contributed by atoms with E-state index < -0.39 is 0 Å². The molecule has 0 radical (unpaired) electrons. The van der Waals surface area contributed by atoms with Crippen molar-refractivity contribution in [3.63, 3.8) is 0 Å². The third-order valence-corrected chi connectivity index (χ3v) is 5.44. The van der Waals surface area contributed by atoms with E-state index in [-0.39, 0.29) is 6.03 Å². The number of benzene rings is 2. The summed E-state index contributed by atoms with van der Waals surface area (Å²) in [6.45, 7) is 6.40. The molecule has 0 bridgehead atoms. The molecule has 2 N–H and O–H groups in total. The zero-order valence-electron chi connectivity index (χ0n) is 16.5. The maximum atomic E-state index is 12.1. The monoisotopic (exact) mass is 400 g/mol. The summed E-state index contributed by atoms with van der Waals surface area (Å²) in [4.78, 5) is 16.9. The van der Waals surface area contributed by atoms with Gasteiger partial charge in [0.05, 0.1) is 0 Å². The number of anilines is 1. The average molecular weight is 401 g/mol. The number of urea groups is 1. The van der Waals surface area contributed by atoms with Crippen molar-refractivity contribution in [3.8, 4) is 11.1 Å². The van der Waals surface area contributed by atoms with Crippen LogP contribution in [-0.4, -0.2) is 62.1 Å². The van der Waals surface area contributed by atoms with E-state index in [0.717, 1.165) is 67.4 Å². The Hall–Kier alpha value is -2.08. The first kappa shape index (κ1) is 20.6. The minimum atomic E-state index is -0.162. The Morgan fingerprint density at radius 2 is 1.71 bits per heavy atom. The summed E-state index contributed by atoms with van der Waals surface area (Å²) in [5.74, 6) is 0. The van der Waals surface area contributed by atoms with Crippen LogP contribution in [0.4, 0.5) is 10.5 Å². The number of likely N-dealkylation sites (N-methyl/N-ethyl adjacent to an activating group) is 1. The number of piperazine rings is 1. The summed E-state index contributed by atoms with van der Waals surface area (Å²) in [6.07, 6.45) is 2.10. The van der Waals surface area contributed by atoms with Crippen LogP contribution < -0.4 is 10.6 Å². The van der Waals surface area contributed by atoms with E-state index in [0.29, 0.717) is 6.54 Å². The lowest BCUT2D eigenvalue weighted by Crippen LogP contribution is -2.44.